The molecule has 9 heteroatoms. The monoisotopic (exact) mass is 469 g/mol. The van der Waals surface area contributed by atoms with Crippen molar-refractivity contribution in [2.45, 2.75) is 57.8 Å². The Balaban J connectivity index is 1.41. The molecule has 0 bridgehead atoms. The van der Waals surface area contributed by atoms with Gasteiger partial charge in [-0.3, -0.25) is 9.59 Å². The van der Waals surface area contributed by atoms with E-state index in [0.717, 1.165) is 58.2 Å². The molecule has 2 aromatic rings. The van der Waals surface area contributed by atoms with Gasteiger partial charge in [0.25, 0.3) is 5.91 Å². The van der Waals surface area contributed by atoms with E-state index < -0.39 is 16.1 Å². The largest absolute Gasteiger partial charge is 0.489 e. The van der Waals surface area contributed by atoms with Gasteiger partial charge in [-0.25, -0.2) is 10.9 Å². The zero-order chi connectivity index (χ0) is 23.9. The fourth-order valence-electron chi connectivity index (χ4n) is 4.31. The van der Waals surface area contributed by atoms with Crippen molar-refractivity contribution in [1.82, 2.24) is 5.01 Å². The molecule has 2 aromatic carbocycles. The summed E-state index contributed by atoms with van der Waals surface area (Å²) in [6, 6.07) is 7.47. The maximum atomic E-state index is 12.0. The maximum absolute atomic E-state index is 12.0. The summed E-state index contributed by atoms with van der Waals surface area (Å²) in [4.78, 5) is 34.8. The molecular formula is C24H27N3O5S. The standard InChI is InChI=1S/C24H27N3O5S/c1-13-14(2)21-18(15(3)20(13)26-30)9-10-24(4,32-21)12-31-17-7-5-16(6-8-17)11-19-22(28)27(25)23(29)33-19/h5-8,19H,9-12,25H2,1-4H3. The number of hydrazine groups is 1. The highest BCUT2D eigenvalue weighted by atomic mass is 32.2. The van der Waals surface area contributed by atoms with Gasteiger partial charge in [-0.05, 0) is 104 Å². The molecule has 0 aliphatic carbocycles. The number of hydrogen-bond donors (Lipinski definition) is 1. The number of nitrogens with zero attached hydrogens (tertiary/aromatic N) is 2. The minimum Gasteiger partial charge on any atom is -0.489 e. The molecule has 33 heavy (non-hydrogen) atoms. The van der Waals surface area contributed by atoms with Crippen LogP contribution < -0.4 is 15.3 Å². The quantitative estimate of drug-likeness (QED) is 0.372. The van der Waals surface area contributed by atoms with E-state index in [0.29, 0.717) is 29.5 Å². The van der Waals surface area contributed by atoms with Gasteiger partial charge in [-0.1, -0.05) is 12.1 Å². The van der Waals surface area contributed by atoms with E-state index >= 15 is 0 Å². The molecule has 174 valence electrons. The first-order valence-corrected chi connectivity index (χ1v) is 11.7. The van der Waals surface area contributed by atoms with E-state index in [1.54, 1.807) is 0 Å². The van der Waals surface area contributed by atoms with E-state index in [1.807, 2.05) is 52.0 Å². The number of carbonyl (C=O) groups excluding carboxylic acids is 2. The van der Waals surface area contributed by atoms with Gasteiger partial charge in [-0.15, -0.1) is 4.91 Å². The Morgan fingerprint density at radius 3 is 2.48 bits per heavy atom. The van der Waals surface area contributed by atoms with Gasteiger partial charge in [0, 0.05) is 0 Å². The van der Waals surface area contributed by atoms with E-state index in [9.17, 15) is 14.5 Å². The minimum absolute atomic E-state index is 0.366. The summed E-state index contributed by atoms with van der Waals surface area (Å²) < 4.78 is 12.5. The summed E-state index contributed by atoms with van der Waals surface area (Å²) in [7, 11) is 0. The molecule has 2 aliphatic heterocycles. The lowest BCUT2D eigenvalue weighted by atomic mass is 9.87. The van der Waals surface area contributed by atoms with Crippen LogP contribution in [0, 0.1) is 25.7 Å². The molecule has 2 atom stereocenters. The summed E-state index contributed by atoms with van der Waals surface area (Å²) in [5.41, 5.74) is 4.64. The smallest absolute Gasteiger partial charge is 0.303 e. The number of nitrogens with two attached hydrogens (primary N) is 1. The summed E-state index contributed by atoms with van der Waals surface area (Å²) in [5, 5.41) is 2.99. The molecule has 8 nitrogen and oxygen atoms in total. The summed E-state index contributed by atoms with van der Waals surface area (Å²) in [5.74, 6) is 6.60. The van der Waals surface area contributed by atoms with Gasteiger partial charge in [0.1, 0.15) is 29.4 Å². The SMILES string of the molecule is Cc1c(C)c2c(c(C)c1N=O)CCC(C)(COc1ccc(CC3SC(=O)N(N)C3=O)cc1)O2. The van der Waals surface area contributed by atoms with Crippen LogP contribution in [-0.4, -0.2) is 33.6 Å². The highest BCUT2D eigenvalue weighted by Gasteiger charge is 2.38. The number of carbonyl (C=O) groups is 2. The number of imide groups is 1. The van der Waals surface area contributed by atoms with Crippen molar-refractivity contribution in [3.8, 4) is 11.5 Å². The molecule has 0 aromatic heterocycles. The second kappa shape index (κ2) is 8.79. The van der Waals surface area contributed by atoms with Gasteiger partial charge in [0.2, 0.25) is 0 Å². The van der Waals surface area contributed by atoms with Crippen molar-refractivity contribution >= 4 is 28.6 Å². The molecule has 2 unspecified atom stereocenters. The number of ether oxygens (including phenoxy) is 2. The Bertz CT molecular complexity index is 1130. The number of rotatable bonds is 6. The first-order valence-electron chi connectivity index (χ1n) is 10.8. The maximum Gasteiger partial charge on any atom is 0.303 e. The number of benzene rings is 2. The molecule has 4 rings (SSSR count). The van der Waals surface area contributed by atoms with Crippen molar-refractivity contribution in [2.75, 3.05) is 6.61 Å². The van der Waals surface area contributed by atoms with Gasteiger partial charge < -0.3 is 9.47 Å². The lowest BCUT2D eigenvalue weighted by Crippen LogP contribution is -2.42. The summed E-state index contributed by atoms with van der Waals surface area (Å²) in [6.45, 7) is 8.16. The predicted octanol–water partition coefficient (Wildman–Crippen LogP) is 4.65. The molecule has 2 aliphatic rings. The lowest BCUT2D eigenvalue weighted by Gasteiger charge is -2.37. The number of thioether (sulfide) groups is 1. The van der Waals surface area contributed by atoms with Crippen LogP contribution >= 0.6 is 11.8 Å². The van der Waals surface area contributed by atoms with Crippen molar-refractivity contribution in [3.05, 3.63) is 57.0 Å². The van der Waals surface area contributed by atoms with Gasteiger partial charge in [0.05, 0.1) is 5.25 Å². The van der Waals surface area contributed by atoms with E-state index in [2.05, 4.69) is 5.18 Å². The average molecular weight is 470 g/mol. The summed E-state index contributed by atoms with van der Waals surface area (Å²) >= 11 is 0.950. The minimum atomic E-state index is -0.511. The second-order valence-corrected chi connectivity index (χ2v) is 10.0. The molecular weight excluding hydrogens is 442 g/mol. The van der Waals surface area contributed by atoms with Crippen LogP contribution in [0.5, 0.6) is 11.5 Å². The third-order valence-electron chi connectivity index (χ3n) is 6.53. The van der Waals surface area contributed by atoms with Crippen LogP contribution in [0.3, 0.4) is 0 Å². The van der Waals surface area contributed by atoms with Gasteiger partial charge >= 0.3 is 5.24 Å². The van der Waals surface area contributed by atoms with Crippen LogP contribution in [0.2, 0.25) is 0 Å². The Hall–Kier alpha value is -2.91. The molecule has 2 N–H and O–H groups in total. The van der Waals surface area contributed by atoms with Crippen LogP contribution in [0.1, 0.15) is 41.2 Å². The van der Waals surface area contributed by atoms with E-state index in [1.165, 1.54) is 0 Å². The zero-order valence-electron chi connectivity index (χ0n) is 19.1. The Labute approximate surface area is 196 Å². The van der Waals surface area contributed by atoms with Gasteiger partial charge in [0.15, 0.2) is 0 Å². The highest BCUT2D eigenvalue weighted by molar-refractivity contribution is 8.15. The molecule has 1 saturated heterocycles. The molecule has 2 heterocycles. The van der Waals surface area contributed by atoms with Crippen LogP contribution in [-0.2, 0) is 17.6 Å². The number of fused-ring (bicyclic) bond motifs is 1. The van der Waals surface area contributed by atoms with Crippen molar-refractivity contribution in [2.24, 2.45) is 11.0 Å². The Morgan fingerprint density at radius 2 is 1.88 bits per heavy atom. The topological polar surface area (TPSA) is 111 Å². The number of nitroso groups, excluding NO2 is 1. The Morgan fingerprint density at radius 1 is 1.18 bits per heavy atom. The zero-order valence-corrected chi connectivity index (χ0v) is 20.0. The normalized spacial score (nSPS) is 22.2. The third-order valence-corrected chi connectivity index (χ3v) is 7.58. The Kier molecular flexibility index (Phi) is 6.20. The molecule has 0 radical (unpaired) electrons. The van der Waals surface area contributed by atoms with Crippen LogP contribution in [0.4, 0.5) is 10.5 Å². The van der Waals surface area contributed by atoms with Crippen LogP contribution in [0.25, 0.3) is 0 Å². The molecule has 1 fully saturated rings. The molecule has 0 saturated carbocycles. The third kappa shape index (κ3) is 4.35. The first-order chi connectivity index (χ1) is 15.6. The van der Waals surface area contributed by atoms with E-state index in [-0.39, 0.29) is 5.91 Å². The first kappa shape index (κ1) is 23.3. The fourth-order valence-corrected chi connectivity index (χ4v) is 5.25. The molecule has 2 amide bonds. The van der Waals surface area contributed by atoms with Crippen molar-refractivity contribution in [3.63, 3.8) is 0 Å². The second-order valence-electron chi connectivity index (χ2n) is 8.89. The van der Waals surface area contributed by atoms with Gasteiger partial charge in [-0.2, -0.15) is 0 Å². The fraction of sp³-hybridized carbons (Fsp3) is 0.417. The lowest BCUT2D eigenvalue weighted by molar-refractivity contribution is -0.126. The van der Waals surface area contributed by atoms with Crippen molar-refractivity contribution in [1.29, 1.82) is 0 Å². The number of amides is 2. The summed E-state index contributed by atoms with van der Waals surface area (Å²) in [6.07, 6.45) is 1.97. The predicted molar refractivity (Wildman–Crippen MR) is 127 cm³/mol. The average Bonchev–Trinajstić information content (AvgIpc) is 3.04. The molecule has 0 spiro atoms. The van der Waals surface area contributed by atoms with Crippen LogP contribution in [0.15, 0.2) is 29.4 Å². The highest BCUT2D eigenvalue weighted by Crippen LogP contribution is 2.43. The number of hydrogen-bond acceptors (Lipinski definition) is 8. The van der Waals surface area contributed by atoms with E-state index in [4.69, 9.17) is 15.3 Å². The van der Waals surface area contributed by atoms with Crippen molar-refractivity contribution < 1.29 is 19.1 Å².